The fraction of sp³-hybridized carbons (Fsp3) is 0.526. The number of carboxylic acid groups (broad SMARTS) is 1. The topological polar surface area (TPSA) is 106 Å². The van der Waals surface area contributed by atoms with E-state index < -0.39 is 11.9 Å². The molecule has 2 rings (SSSR count). The Balaban J connectivity index is 1.81. The highest BCUT2D eigenvalue weighted by atomic mass is 16.5. The molecule has 1 saturated heterocycles. The predicted octanol–water partition coefficient (Wildman–Crippen LogP) is 1.26. The van der Waals surface area contributed by atoms with Gasteiger partial charge < -0.3 is 15.2 Å². The molecule has 0 aromatic heterocycles. The van der Waals surface area contributed by atoms with Crippen LogP contribution in [-0.4, -0.2) is 73.2 Å². The number of ether oxygens (including phenoxy) is 1. The smallest absolute Gasteiger partial charge is 0.308 e. The van der Waals surface area contributed by atoms with Crippen molar-refractivity contribution >= 4 is 17.6 Å². The van der Waals surface area contributed by atoms with Gasteiger partial charge >= 0.3 is 5.97 Å². The Morgan fingerprint density at radius 1 is 1.22 bits per heavy atom. The number of amides is 1. The van der Waals surface area contributed by atoms with Crippen molar-refractivity contribution in [1.82, 2.24) is 9.80 Å². The van der Waals surface area contributed by atoms with Gasteiger partial charge in [0.2, 0.25) is 5.91 Å². The highest BCUT2D eigenvalue weighted by molar-refractivity contribution is 5.93. The second-order valence-electron chi connectivity index (χ2n) is 6.57. The van der Waals surface area contributed by atoms with Crippen molar-refractivity contribution < 1.29 is 19.4 Å². The quantitative estimate of drug-likeness (QED) is 0.670. The van der Waals surface area contributed by atoms with E-state index in [1.807, 2.05) is 0 Å². The number of nitriles is 1. The molecular weight excluding hydrogens is 348 g/mol. The Labute approximate surface area is 159 Å². The molecule has 8 heteroatoms. The van der Waals surface area contributed by atoms with E-state index in [2.05, 4.69) is 21.2 Å². The largest absolute Gasteiger partial charge is 0.497 e. The first kappa shape index (κ1) is 20.7. The first-order valence-corrected chi connectivity index (χ1v) is 9.00. The van der Waals surface area contributed by atoms with Crippen LogP contribution in [0.2, 0.25) is 0 Å². The third-order valence-electron chi connectivity index (χ3n) is 4.64. The van der Waals surface area contributed by atoms with Crippen LogP contribution < -0.4 is 10.1 Å². The van der Waals surface area contributed by atoms with Crippen molar-refractivity contribution in [3.63, 3.8) is 0 Å². The Morgan fingerprint density at radius 3 is 2.41 bits per heavy atom. The third-order valence-corrected chi connectivity index (χ3v) is 4.64. The number of hydrogen-bond acceptors (Lipinski definition) is 6. The Bertz CT molecular complexity index is 663. The average Bonchev–Trinajstić information content (AvgIpc) is 2.67. The second kappa shape index (κ2) is 10.5. The Kier molecular flexibility index (Phi) is 8.04. The minimum absolute atomic E-state index is 0.0734. The van der Waals surface area contributed by atoms with Gasteiger partial charge in [-0.15, -0.1) is 0 Å². The van der Waals surface area contributed by atoms with Crippen LogP contribution in [0.3, 0.4) is 0 Å². The first-order chi connectivity index (χ1) is 13.0. The molecule has 1 atom stereocenters. The zero-order valence-electron chi connectivity index (χ0n) is 15.6. The van der Waals surface area contributed by atoms with E-state index in [1.54, 1.807) is 31.4 Å². The zero-order valence-corrected chi connectivity index (χ0v) is 15.6. The summed E-state index contributed by atoms with van der Waals surface area (Å²) in [6.07, 6.45) is 0.430. The molecule has 0 aliphatic carbocycles. The lowest BCUT2D eigenvalue weighted by Crippen LogP contribution is -2.48. The fourth-order valence-corrected chi connectivity index (χ4v) is 3.06. The standard InChI is InChI=1S/C19H26N4O4/c1-27-17-5-3-16(4-6-17)21-18(24)13-15(19(25)26)14-23-11-9-22(10-12-23)8-2-7-20/h3-6,15H,2,8-14H2,1H3,(H,21,24)(H,25,26)/t15-/m1/s1. The van der Waals surface area contributed by atoms with E-state index in [4.69, 9.17) is 10.00 Å². The van der Waals surface area contributed by atoms with Crippen molar-refractivity contribution in [2.75, 3.05) is 51.7 Å². The molecule has 1 heterocycles. The molecule has 1 aliphatic rings. The Hall–Kier alpha value is -2.63. The molecule has 1 aromatic carbocycles. The molecule has 1 fully saturated rings. The molecule has 1 amide bonds. The second-order valence-corrected chi connectivity index (χ2v) is 6.57. The van der Waals surface area contributed by atoms with Gasteiger partial charge in [-0.25, -0.2) is 0 Å². The normalized spacial score (nSPS) is 16.3. The monoisotopic (exact) mass is 374 g/mol. The highest BCUT2D eigenvalue weighted by Gasteiger charge is 2.26. The number of methoxy groups -OCH3 is 1. The van der Waals surface area contributed by atoms with Gasteiger partial charge in [0.15, 0.2) is 0 Å². The molecule has 27 heavy (non-hydrogen) atoms. The number of carbonyl (C=O) groups is 2. The van der Waals surface area contributed by atoms with Crippen molar-refractivity contribution in [1.29, 1.82) is 5.26 Å². The molecule has 2 N–H and O–H groups in total. The van der Waals surface area contributed by atoms with Gasteiger partial charge in [0.25, 0.3) is 0 Å². The van der Waals surface area contributed by atoms with Crippen LogP contribution in [-0.2, 0) is 9.59 Å². The van der Waals surface area contributed by atoms with Gasteiger partial charge in [-0.05, 0) is 24.3 Å². The number of carbonyl (C=O) groups excluding carboxylic acids is 1. The maximum Gasteiger partial charge on any atom is 0.308 e. The summed E-state index contributed by atoms with van der Waals surface area (Å²) in [4.78, 5) is 28.1. The van der Waals surface area contributed by atoms with Gasteiger partial charge in [-0.3, -0.25) is 19.4 Å². The van der Waals surface area contributed by atoms with Gasteiger partial charge in [-0.1, -0.05) is 0 Å². The van der Waals surface area contributed by atoms with E-state index in [-0.39, 0.29) is 12.3 Å². The van der Waals surface area contributed by atoms with Gasteiger partial charge in [0.1, 0.15) is 5.75 Å². The maximum absolute atomic E-state index is 12.2. The predicted molar refractivity (Wildman–Crippen MR) is 100 cm³/mol. The van der Waals surface area contributed by atoms with E-state index in [0.29, 0.717) is 24.4 Å². The number of anilines is 1. The zero-order chi connectivity index (χ0) is 19.6. The van der Waals surface area contributed by atoms with Crippen LogP contribution in [0.4, 0.5) is 5.69 Å². The molecule has 146 valence electrons. The minimum atomic E-state index is -0.966. The first-order valence-electron chi connectivity index (χ1n) is 9.00. The summed E-state index contributed by atoms with van der Waals surface area (Å²) in [5, 5.41) is 20.9. The molecule has 1 aromatic rings. The van der Waals surface area contributed by atoms with Crippen molar-refractivity contribution in [2.45, 2.75) is 12.8 Å². The van der Waals surface area contributed by atoms with Gasteiger partial charge in [0.05, 0.1) is 19.1 Å². The maximum atomic E-state index is 12.2. The van der Waals surface area contributed by atoms with Crippen LogP contribution in [0.1, 0.15) is 12.8 Å². The number of benzene rings is 1. The van der Waals surface area contributed by atoms with Crippen molar-refractivity contribution in [3.05, 3.63) is 24.3 Å². The number of carboxylic acids is 1. The van der Waals surface area contributed by atoms with Crippen molar-refractivity contribution in [2.24, 2.45) is 5.92 Å². The summed E-state index contributed by atoms with van der Waals surface area (Å²) < 4.78 is 5.07. The lowest BCUT2D eigenvalue weighted by atomic mass is 10.0. The van der Waals surface area contributed by atoms with Crippen LogP contribution in [0.15, 0.2) is 24.3 Å². The molecule has 0 unspecified atom stereocenters. The fourth-order valence-electron chi connectivity index (χ4n) is 3.06. The van der Waals surface area contributed by atoms with Crippen LogP contribution in [0.5, 0.6) is 5.75 Å². The number of hydrogen-bond donors (Lipinski definition) is 2. The van der Waals surface area contributed by atoms with E-state index >= 15 is 0 Å². The van der Waals surface area contributed by atoms with Gasteiger partial charge in [-0.2, -0.15) is 5.26 Å². The van der Waals surface area contributed by atoms with E-state index in [0.717, 1.165) is 32.7 Å². The molecule has 0 spiro atoms. The summed E-state index contributed by atoms with van der Waals surface area (Å²) in [6.45, 7) is 4.21. The van der Waals surface area contributed by atoms with E-state index in [9.17, 15) is 14.7 Å². The summed E-state index contributed by atoms with van der Waals surface area (Å²) in [5.74, 6) is -1.36. The summed E-state index contributed by atoms with van der Waals surface area (Å²) >= 11 is 0. The van der Waals surface area contributed by atoms with Crippen molar-refractivity contribution in [3.8, 4) is 11.8 Å². The summed E-state index contributed by atoms with van der Waals surface area (Å²) in [6, 6.07) is 9.03. The van der Waals surface area contributed by atoms with Gasteiger partial charge in [0, 0.05) is 57.8 Å². The van der Waals surface area contributed by atoms with E-state index in [1.165, 1.54) is 0 Å². The summed E-state index contributed by atoms with van der Waals surface area (Å²) in [5.41, 5.74) is 0.607. The third kappa shape index (κ3) is 6.89. The van der Waals surface area contributed by atoms with Crippen LogP contribution in [0.25, 0.3) is 0 Å². The number of rotatable bonds is 9. The SMILES string of the molecule is COc1ccc(NC(=O)C[C@H](CN2CCN(CCC#N)CC2)C(=O)O)cc1. The highest BCUT2D eigenvalue weighted by Crippen LogP contribution is 2.16. The minimum Gasteiger partial charge on any atom is -0.497 e. The molecule has 8 nitrogen and oxygen atoms in total. The lowest BCUT2D eigenvalue weighted by molar-refractivity contribution is -0.144. The molecule has 0 radical (unpaired) electrons. The number of piperazine rings is 1. The molecule has 1 aliphatic heterocycles. The number of nitrogens with one attached hydrogen (secondary N) is 1. The van der Waals surface area contributed by atoms with Crippen LogP contribution >= 0.6 is 0 Å². The molecule has 0 saturated carbocycles. The number of nitrogens with zero attached hydrogens (tertiary/aromatic N) is 3. The Morgan fingerprint density at radius 2 is 1.85 bits per heavy atom. The lowest BCUT2D eigenvalue weighted by Gasteiger charge is -2.35. The molecule has 0 bridgehead atoms. The van der Waals surface area contributed by atoms with Crippen LogP contribution in [0, 0.1) is 17.2 Å². The summed E-state index contributed by atoms with van der Waals surface area (Å²) in [7, 11) is 1.56. The molecular formula is C19H26N4O4. The average molecular weight is 374 g/mol. The number of aliphatic carboxylic acids is 1.